The third-order valence-corrected chi connectivity index (χ3v) is 1.60. The van der Waals surface area contributed by atoms with Crippen molar-refractivity contribution in [2.45, 2.75) is 24.4 Å². The molecule has 0 saturated heterocycles. The molecule has 0 aliphatic rings. The van der Waals surface area contributed by atoms with E-state index < -0.39 is 43.3 Å². The van der Waals surface area contributed by atoms with Crippen LogP contribution in [0.3, 0.4) is 0 Å². The first kappa shape index (κ1) is 19.5. The van der Waals surface area contributed by atoms with Crippen LogP contribution < -0.4 is 0 Å². The highest BCUT2D eigenvalue weighted by atomic mass is 16.7. The molecule has 0 amide bonds. The van der Waals surface area contributed by atoms with E-state index in [-0.39, 0.29) is 6.29 Å². The Hall–Kier alpha value is -1.79. The van der Waals surface area contributed by atoms with Crippen molar-refractivity contribution in [1.29, 1.82) is 0 Å². The number of ether oxygens (including phenoxy) is 1. The zero-order chi connectivity index (χ0) is 15.6. The van der Waals surface area contributed by atoms with Crippen LogP contribution in [-0.4, -0.2) is 85.4 Å². The van der Waals surface area contributed by atoms with Gasteiger partial charge in [-0.05, 0) is 0 Å². The maximum absolute atomic E-state index is 9.90. The summed E-state index contributed by atoms with van der Waals surface area (Å²) in [6, 6.07) is 0. The Morgan fingerprint density at radius 3 is 1.63 bits per heavy atom. The number of hydrogen-bond donors (Lipinski definition) is 7. The van der Waals surface area contributed by atoms with Crippen LogP contribution in [0.25, 0.3) is 0 Å². The van der Waals surface area contributed by atoms with Crippen molar-refractivity contribution in [2.24, 2.45) is 0 Å². The Morgan fingerprint density at radius 1 is 1.00 bits per heavy atom. The van der Waals surface area contributed by atoms with Gasteiger partial charge in [0.15, 0.2) is 6.29 Å². The number of aliphatic hydroxyl groups is 5. The summed E-state index contributed by atoms with van der Waals surface area (Å²) in [4.78, 5) is 28.3. The summed E-state index contributed by atoms with van der Waals surface area (Å²) in [5.74, 6) is 0. The fourth-order valence-corrected chi connectivity index (χ4v) is 0.693. The number of carboxylic acid groups (broad SMARTS) is 2. The molecule has 4 atom stereocenters. The molecule has 11 heteroatoms. The molecular weight excluding hydrogens is 272 g/mol. The zero-order valence-electron chi connectivity index (χ0n) is 9.36. The molecular formula is C8H14O11. The highest BCUT2D eigenvalue weighted by molar-refractivity contribution is 5.74. The second kappa shape index (κ2) is 10.2. The lowest BCUT2D eigenvalue weighted by molar-refractivity contribution is -0.136. The molecule has 7 N–H and O–H groups in total. The Morgan fingerprint density at radius 2 is 1.42 bits per heavy atom. The maximum atomic E-state index is 9.90. The summed E-state index contributed by atoms with van der Waals surface area (Å²) in [7, 11) is 0. The Balaban J connectivity index is 0. The van der Waals surface area contributed by atoms with Crippen LogP contribution in [0.2, 0.25) is 0 Å². The quantitative estimate of drug-likeness (QED) is 0.154. The van der Waals surface area contributed by atoms with Gasteiger partial charge in [0.1, 0.15) is 24.4 Å². The molecule has 0 fully saturated rings. The van der Waals surface area contributed by atoms with E-state index in [4.69, 9.17) is 35.7 Å². The predicted octanol–water partition coefficient (Wildman–Crippen LogP) is -3.02. The van der Waals surface area contributed by atoms with Crippen LogP contribution in [0, 0.1) is 0 Å². The van der Waals surface area contributed by atoms with Gasteiger partial charge in [0.05, 0.1) is 6.61 Å². The van der Waals surface area contributed by atoms with Gasteiger partial charge in [-0.2, -0.15) is 0 Å². The molecule has 11 nitrogen and oxygen atoms in total. The lowest BCUT2D eigenvalue weighted by atomic mass is 10.0. The van der Waals surface area contributed by atoms with Gasteiger partial charge in [-0.15, -0.1) is 0 Å². The Bertz CT molecular complexity index is 278. The van der Waals surface area contributed by atoms with E-state index in [1.807, 2.05) is 0 Å². The molecule has 0 aromatic carbocycles. The molecule has 0 radical (unpaired) electrons. The fraction of sp³-hybridized carbons (Fsp3) is 0.625. The van der Waals surface area contributed by atoms with Crippen LogP contribution in [0.15, 0.2) is 0 Å². The summed E-state index contributed by atoms with van der Waals surface area (Å²) in [6.45, 7) is -0.760. The monoisotopic (exact) mass is 286 g/mol. The first-order valence-electron chi connectivity index (χ1n) is 4.59. The van der Waals surface area contributed by atoms with Crippen molar-refractivity contribution in [1.82, 2.24) is 0 Å². The molecule has 0 saturated carbocycles. The predicted molar refractivity (Wildman–Crippen MR) is 54.3 cm³/mol. The van der Waals surface area contributed by atoms with Gasteiger partial charge in [-0.25, -0.2) is 9.59 Å². The van der Waals surface area contributed by atoms with E-state index in [0.29, 0.717) is 0 Å². The van der Waals surface area contributed by atoms with Gasteiger partial charge >= 0.3 is 12.3 Å². The van der Waals surface area contributed by atoms with E-state index >= 15 is 0 Å². The van der Waals surface area contributed by atoms with E-state index in [9.17, 15) is 14.4 Å². The largest absolute Gasteiger partial charge is 0.516 e. The van der Waals surface area contributed by atoms with Gasteiger partial charge in [0.25, 0.3) is 0 Å². The summed E-state index contributed by atoms with van der Waals surface area (Å²) < 4.78 is 3.08. The van der Waals surface area contributed by atoms with E-state index in [1.54, 1.807) is 0 Å². The minimum atomic E-state index is -1.81. The van der Waals surface area contributed by atoms with Gasteiger partial charge in [-0.1, -0.05) is 0 Å². The molecule has 0 bridgehead atoms. The number of aldehydes is 1. The number of aliphatic hydroxyl groups excluding tert-OH is 5. The molecule has 0 aliphatic heterocycles. The van der Waals surface area contributed by atoms with Crippen LogP contribution in [0.4, 0.5) is 9.59 Å². The highest BCUT2D eigenvalue weighted by Gasteiger charge is 2.29. The number of carbonyl (C=O) groups is 3. The normalized spacial score (nSPS) is 16.1. The van der Waals surface area contributed by atoms with Crippen LogP contribution in [0.1, 0.15) is 0 Å². The minimum absolute atomic E-state index is 0.0258. The third-order valence-electron chi connectivity index (χ3n) is 1.60. The third kappa shape index (κ3) is 9.87. The molecule has 0 heterocycles. The standard InChI is InChI=1S/C6H12O6.C2H2O5/c7-1-3(9)5(11)6(12)4(10)2-8;3-1(4)7-2(5)6/h1,3-6,8-12H,2H2;(H,3,4)(H,5,6). The average Bonchev–Trinajstić information content (AvgIpc) is 2.34. The maximum Gasteiger partial charge on any atom is 0.516 e. The van der Waals surface area contributed by atoms with E-state index in [1.165, 1.54) is 0 Å². The lowest BCUT2D eigenvalue weighted by Gasteiger charge is -2.22. The molecule has 4 unspecified atom stereocenters. The van der Waals surface area contributed by atoms with Crippen molar-refractivity contribution in [3.63, 3.8) is 0 Å². The van der Waals surface area contributed by atoms with Crippen LogP contribution in [-0.2, 0) is 9.53 Å². The molecule has 19 heavy (non-hydrogen) atoms. The van der Waals surface area contributed by atoms with Crippen molar-refractivity contribution in [2.75, 3.05) is 6.61 Å². The van der Waals surface area contributed by atoms with Gasteiger partial charge in [0.2, 0.25) is 0 Å². The lowest BCUT2D eigenvalue weighted by Crippen LogP contribution is -2.46. The Kier molecular flexibility index (Phi) is 10.5. The molecule has 112 valence electrons. The van der Waals surface area contributed by atoms with Crippen molar-refractivity contribution in [3.05, 3.63) is 0 Å². The summed E-state index contributed by atoms with van der Waals surface area (Å²) in [5.41, 5.74) is 0. The first-order valence-corrected chi connectivity index (χ1v) is 4.59. The van der Waals surface area contributed by atoms with Gasteiger partial charge in [0, 0.05) is 0 Å². The minimum Gasteiger partial charge on any atom is -0.449 e. The average molecular weight is 286 g/mol. The summed E-state index contributed by atoms with van der Waals surface area (Å²) in [6.07, 6.45) is -10.5. The van der Waals surface area contributed by atoms with E-state index in [0.717, 1.165) is 0 Å². The smallest absolute Gasteiger partial charge is 0.449 e. The topological polar surface area (TPSA) is 202 Å². The SMILES string of the molecule is O=C(O)OC(=O)O.O=CC(O)C(O)C(O)C(O)CO. The summed E-state index contributed by atoms with van der Waals surface area (Å²) >= 11 is 0. The number of rotatable bonds is 5. The molecule has 0 rings (SSSR count). The highest BCUT2D eigenvalue weighted by Crippen LogP contribution is 2.02. The van der Waals surface area contributed by atoms with Crippen LogP contribution >= 0.6 is 0 Å². The van der Waals surface area contributed by atoms with Crippen molar-refractivity contribution in [3.8, 4) is 0 Å². The molecule has 0 spiro atoms. The van der Waals surface area contributed by atoms with Crippen molar-refractivity contribution >= 4 is 18.6 Å². The Labute approximate surface area is 105 Å². The number of hydrogen-bond acceptors (Lipinski definition) is 9. The second-order valence-electron chi connectivity index (χ2n) is 2.99. The van der Waals surface area contributed by atoms with Crippen LogP contribution in [0.5, 0.6) is 0 Å². The molecule has 0 aromatic rings. The van der Waals surface area contributed by atoms with Gasteiger partial charge < -0.3 is 45.3 Å². The fourth-order valence-electron chi connectivity index (χ4n) is 0.693. The van der Waals surface area contributed by atoms with Crippen molar-refractivity contribution < 1.29 is 54.9 Å². The van der Waals surface area contributed by atoms with Gasteiger partial charge in [-0.3, -0.25) is 0 Å². The first-order chi connectivity index (χ1) is 8.67. The number of carbonyl (C=O) groups excluding carboxylic acids is 1. The molecule has 0 aromatic heterocycles. The zero-order valence-corrected chi connectivity index (χ0v) is 9.36. The van der Waals surface area contributed by atoms with E-state index in [2.05, 4.69) is 4.74 Å². The molecule has 0 aliphatic carbocycles. The second-order valence-corrected chi connectivity index (χ2v) is 2.99. The summed E-state index contributed by atoms with van der Waals surface area (Å²) in [5, 5.41) is 58.5.